The van der Waals surface area contributed by atoms with Crippen LogP contribution in [0.1, 0.15) is 10.4 Å². The van der Waals surface area contributed by atoms with E-state index in [2.05, 4.69) is 14.8 Å². The van der Waals surface area contributed by atoms with Crippen LogP contribution in [0.3, 0.4) is 0 Å². The Morgan fingerprint density at radius 3 is 2.57 bits per heavy atom. The second kappa shape index (κ2) is 6.90. The van der Waals surface area contributed by atoms with E-state index in [1.165, 1.54) is 0 Å². The number of nitrogens with two attached hydrogens (primary N) is 1. The third-order valence-electron chi connectivity index (χ3n) is 2.40. The van der Waals surface area contributed by atoms with Crippen molar-refractivity contribution in [2.45, 2.75) is 4.90 Å². The molecule has 0 unspecified atom stereocenters. The molecule has 0 saturated carbocycles. The van der Waals surface area contributed by atoms with Gasteiger partial charge in [-0.05, 0) is 18.2 Å². The first-order valence-electron chi connectivity index (χ1n) is 5.72. The number of methoxy groups -OCH3 is 1. The number of hydrogen-bond acceptors (Lipinski definition) is 6. The molecule has 0 heterocycles. The lowest BCUT2D eigenvalue weighted by Crippen LogP contribution is -2.37. The lowest BCUT2D eigenvalue weighted by Gasteiger charge is -2.09. The highest BCUT2D eigenvalue weighted by atomic mass is 32.2. The maximum atomic E-state index is 12.0. The van der Waals surface area contributed by atoms with Crippen molar-refractivity contribution >= 4 is 22.0 Å². The minimum absolute atomic E-state index is 0.0104. The van der Waals surface area contributed by atoms with Crippen molar-refractivity contribution in [2.24, 2.45) is 5.73 Å². The molecule has 1 aromatic carbocycles. The van der Waals surface area contributed by atoms with Crippen molar-refractivity contribution in [3.05, 3.63) is 23.8 Å². The standard InChI is InChI=1S/C11H15N3O6S/c1-20-10(16)8-6-7(2-3-9(8)15)21(18,19)14-5-4-13-11(12)17/h2-3,6,14-15H,4-5H2,1H3,(H3,12,13,17). The van der Waals surface area contributed by atoms with Crippen molar-refractivity contribution in [1.82, 2.24) is 10.0 Å². The highest BCUT2D eigenvalue weighted by molar-refractivity contribution is 7.89. The average molecular weight is 317 g/mol. The van der Waals surface area contributed by atoms with Crippen LogP contribution >= 0.6 is 0 Å². The molecule has 0 fully saturated rings. The van der Waals surface area contributed by atoms with E-state index in [9.17, 15) is 23.1 Å². The molecule has 0 bridgehead atoms. The number of hydrogen-bond donors (Lipinski definition) is 4. The van der Waals surface area contributed by atoms with Gasteiger partial charge < -0.3 is 20.9 Å². The number of esters is 1. The average Bonchev–Trinajstić information content (AvgIpc) is 2.43. The molecule has 0 radical (unpaired) electrons. The minimum Gasteiger partial charge on any atom is -0.507 e. The first kappa shape index (κ1) is 16.7. The molecule has 21 heavy (non-hydrogen) atoms. The Labute approximate surface area is 121 Å². The molecule has 116 valence electrons. The van der Waals surface area contributed by atoms with Gasteiger partial charge in [-0.1, -0.05) is 0 Å². The van der Waals surface area contributed by atoms with E-state index in [0.29, 0.717) is 0 Å². The number of benzene rings is 1. The molecule has 0 aromatic heterocycles. The van der Waals surface area contributed by atoms with Crippen molar-refractivity contribution in [2.75, 3.05) is 20.2 Å². The number of amides is 2. The van der Waals surface area contributed by atoms with Crippen LogP contribution < -0.4 is 15.8 Å². The topological polar surface area (TPSA) is 148 Å². The summed E-state index contributed by atoms with van der Waals surface area (Å²) in [6, 6.07) is 2.42. The van der Waals surface area contributed by atoms with E-state index in [1.807, 2.05) is 0 Å². The zero-order chi connectivity index (χ0) is 16.0. The predicted molar refractivity (Wildman–Crippen MR) is 72.2 cm³/mol. The summed E-state index contributed by atoms with van der Waals surface area (Å²) in [5.74, 6) is -1.25. The van der Waals surface area contributed by atoms with Gasteiger partial charge in [0.2, 0.25) is 10.0 Å². The third kappa shape index (κ3) is 4.61. The number of rotatable bonds is 6. The number of nitrogens with one attached hydrogen (secondary N) is 2. The second-order valence-electron chi connectivity index (χ2n) is 3.86. The molecule has 10 heteroatoms. The van der Waals surface area contributed by atoms with Gasteiger partial charge in [-0.25, -0.2) is 22.7 Å². The molecule has 5 N–H and O–H groups in total. The largest absolute Gasteiger partial charge is 0.507 e. The Bertz CT molecular complexity index is 643. The molecule has 0 aliphatic carbocycles. The Morgan fingerprint density at radius 1 is 1.33 bits per heavy atom. The highest BCUT2D eigenvalue weighted by Crippen LogP contribution is 2.21. The molecule has 9 nitrogen and oxygen atoms in total. The number of carbonyl (C=O) groups excluding carboxylic acids is 2. The Morgan fingerprint density at radius 2 is 2.00 bits per heavy atom. The van der Waals surface area contributed by atoms with Crippen molar-refractivity contribution in [1.29, 1.82) is 0 Å². The van der Waals surface area contributed by atoms with Crippen molar-refractivity contribution in [3.8, 4) is 5.75 Å². The van der Waals surface area contributed by atoms with Gasteiger partial charge in [0.1, 0.15) is 11.3 Å². The Hall–Kier alpha value is -2.33. The maximum absolute atomic E-state index is 12.0. The van der Waals surface area contributed by atoms with E-state index < -0.39 is 27.8 Å². The number of urea groups is 1. The normalized spacial score (nSPS) is 10.9. The predicted octanol–water partition coefficient (Wildman–Crippen LogP) is -0.875. The minimum atomic E-state index is -3.90. The summed E-state index contributed by atoms with van der Waals surface area (Å²) in [7, 11) is -2.79. The molecule has 2 amide bonds. The molecular formula is C11H15N3O6S. The van der Waals surface area contributed by atoms with Gasteiger partial charge in [0.25, 0.3) is 0 Å². The summed E-state index contributed by atoms with van der Waals surface area (Å²) in [6.45, 7) is -0.0732. The second-order valence-corrected chi connectivity index (χ2v) is 5.63. The number of carbonyl (C=O) groups is 2. The van der Waals surface area contributed by atoms with Gasteiger partial charge >= 0.3 is 12.0 Å². The van der Waals surface area contributed by atoms with E-state index in [-0.39, 0.29) is 23.5 Å². The first-order chi connectivity index (χ1) is 9.77. The number of aromatic hydroxyl groups is 1. The lowest BCUT2D eigenvalue weighted by molar-refractivity contribution is 0.0597. The van der Waals surface area contributed by atoms with Gasteiger partial charge in [-0.3, -0.25) is 0 Å². The number of phenolic OH excluding ortho intramolecular Hbond substituents is 1. The molecule has 1 rings (SSSR count). The fraction of sp³-hybridized carbons (Fsp3) is 0.273. The quantitative estimate of drug-likeness (QED) is 0.396. The third-order valence-corrected chi connectivity index (χ3v) is 3.86. The number of primary amides is 1. The summed E-state index contributed by atoms with van der Waals surface area (Å²) in [5, 5.41) is 11.7. The summed E-state index contributed by atoms with van der Waals surface area (Å²) in [5.41, 5.74) is 4.56. The number of ether oxygens (including phenoxy) is 1. The summed E-state index contributed by atoms with van der Waals surface area (Å²) in [6.07, 6.45) is 0. The SMILES string of the molecule is COC(=O)c1cc(S(=O)(=O)NCCNC(N)=O)ccc1O. The fourth-order valence-corrected chi connectivity index (χ4v) is 2.47. The molecule has 1 aromatic rings. The molecule has 0 aliphatic heterocycles. The molecule has 0 aliphatic rings. The van der Waals surface area contributed by atoms with Gasteiger partial charge in [0.05, 0.1) is 12.0 Å². The van der Waals surface area contributed by atoms with Crippen molar-refractivity contribution < 1.29 is 27.9 Å². The van der Waals surface area contributed by atoms with Crippen LogP contribution in [0.25, 0.3) is 0 Å². The molecule has 0 saturated heterocycles. The maximum Gasteiger partial charge on any atom is 0.341 e. The summed E-state index contributed by atoms with van der Waals surface area (Å²) in [4.78, 5) is 21.6. The highest BCUT2D eigenvalue weighted by Gasteiger charge is 2.19. The fourth-order valence-electron chi connectivity index (χ4n) is 1.41. The zero-order valence-corrected chi connectivity index (χ0v) is 11.9. The van der Waals surface area contributed by atoms with Crippen LogP contribution in [-0.2, 0) is 14.8 Å². The molecule has 0 atom stereocenters. The van der Waals surface area contributed by atoms with Crippen LogP contribution in [-0.4, -0.2) is 45.7 Å². The lowest BCUT2D eigenvalue weighted by atomic mass is 10.2. The van der Waals surface area contributed by atoms with E-state index in [4.69, 9.17) is 5.73 Å². The van der Waals surface area contributed by atoms with Crippen LogP contribution in [0, 0.1) is 0 Å². The number of sulfonamides is 1. The van der Waals surface area contributed by atoms with E-state index in [0.717, 1.165) is 25.3 Å². The smallest absolute Gasteiger partial charge is 0.341 e. The van der Waals surface area contributed by atoms with Gasteiger partial charge in [-0.2, -0.15) is 0 Å². The van der Waals surface area contributed by atoms with E-state index in [1.54, 1.807) is 0 Å². The van der Waals surface area contributed by atoms with Crippen LogP contribution in [0.5, 0.6) is 5.75 Å². The Kier molecular flexibility index (Phi) is 5.50. The first-order valence-corrected chi connectivity index (χ1v) is 7.20. The molecule has 0 spiro atoms. The zero-order valence-electron chi connectivity index (χ0n) is 11.1. The van der Waals surface area contributed by atoms with Crippen LogP contribution in [0.15, 0.2) is 23.1 Å². The number of phenols is 1. The van der Waals surface area contributed by atoms with Crippen LogP contribution in [0.2, 0.25) is 0 Å². The van der Waals surface area contributed by atoms with Crippen LogP contribution in [0.4, 0.5) is 4.79 Å². The molecular weight excluding hydrogens is 302 g/mol. The van der Waals surface area contributed by atoms with Crippen molar-refractivity contribution in [3.63, 3.8) is 0 Å². The monoisotopic (exact) mass is 317 g/mol. The van der Waals surface area contributed by atoms with Gasteiger partial charge in [0.15, 0.2) is 0 Å². The summed E-state index contributed by atoms with van der Waals surface area (Å²) < 4.78 is 30.6. The Balaban J connectivity index is 2.88. The van der Waals surface area contributed by atoms with Gasteiger partial charge in [-0.15, -0.1) is 0 Å². The summed E-state index contributed by atoms with van der Waals surface area (Å²) >= 11 is 0. The van der Waals surface area contributed by atoms with Gasteiger partial charge in [0, 0.05) is 13.1 Å². The van der Waals surface area contributed by atoms with E-state index >= 15 is 0 Å².